The Bertz CT molecular complexity index is 1090. The maximum Gasteiger partial charge on any atom is 0.160 e. The van der Waals surface area contributed by atoms with E-state index in [1.54, 1.807) is 24.4 Å². The fourth-order valence-electron chi connectivity index (χ4n) is 2.59. The van der Waals surface area contributed by atoms with Crippen LogP contribution in [0.25, 0.3) is 21.8 Å². The second-order valence-electron chi connectivity index (χ2n) is 5.29. The predicted molar refractivity (Wildman–Crippen MR) is 93.3 cm³/mol. The molecule has 7 heteroatoms. The van der Waals surface area contributed by atoms with Crippen LogP contribution in [-0.2, 0) is 0 Å². The quantitative estimate of drug-likeness (QED) is 0.455. The zero-order chi connectivity index (χ0) is 16.8. The molecule has 0 atom stereocenters. The molecule has 0 radical (unpaired) electrons. The Balaban J connectivity index is 1.78. The van der Waals surface area contributed by atoms with Crippen molar-refractivity contribution < 1.29 is 8.78 Å². The summed E-state index contributed by atoms with van der Waals surface area (Å²) in [6.45, 7) is 0. The smallest absolute Gasteiger partial charge is 0.160 e. The standard InChI is InChI=1S/C17H9Cl2F2N3/c18-8-3-11(19)9-1-2-17(23-15(9)4-8)24-16-7-22-14-6-13(21)12(20)5-10(14)16/h1-7,22H,(H,23,24). The van der Waals surface area contributed by atoms with Gasteiger partial charge in [0.05, 0.1) is 21.7 Å². The highest BCUT2D eigenvalue weighted by Crippen LogP contribution is 2.31. The molecule has 0 saturated heterocycles. The third kappa shape index (κ3) is 2.56. The first kappa shape index (κ1) is 15.2. The minimum Gasteiger partial charge on any atom is -0.359 e. The van der Waals surface area contributed by atoms with E-state index < -0.39 is 11.6 Å². The zero-order valence-corrected chi connectivity index (χ0v) is 13.5. The summed E-state index contributed by atoms with van der Waals surface area (Å²) in [6.07, 6.45) is 1.63. The van der Waals surface area contributed by atoms with E-state index in [0.29, 0.717) is 38.0 Å². The van der Waals surface area contributed by atoms with E-state index in [4.69, 9.17) is 23.2 Å². The second kappa shape index (κ2) is 5.61. The van der Waals surface area contributed by atoms with Crippen molar-refractivity contribution in [2.45, 2.75) is 0 Å². The lowest BCUT2D eigenvalue weighted by Gasteiger charge is -2.07. The molecule has 4 aromatic rings. The molecule has 24 heavy (non-hydrogen) atoms. The number of pyridine rings is 1. The van der Waals surface area contributed by atoms with Crippen molar-refractivity contribution in [3.05, 3.63) is 64.3 Å². The second-order valence-corrected chi connectivity index (χ2v) is 6.13. The molecule has 0 aliphatic rings. The summed E-state index contributed by atoms with van der Waals surface area (Å²) in [5.41, 5.74) is 1.71. The van der Waals surface area contributed by atoms with Gasteiger partial charge in [-0.1, -0.05) is 23.2 Å². The molecule has 2 aromatic carbocycles. The fourth-order valence-corrected chi connectivity index (χ4v) is 3.13. The molecule has 3 nitrogen and oxygen atoms in total. The number of aromatic nitrogens is 2. The lowest BCUT2D eigenvalue weighted by Crippen LogP contribution is -1.93. The van der Waals surface area contributed by atoms with Crippen LogP contribution in [0.1, 0.15) is 0 Å². The van der Waals surface area contributed by atoms with Crippen LogP contribution in [0.15, 0.2) is 42.6 Å². The summed E-state index contributed by atoms with van der Waals surface area (Å²) in [5, 5.41) is 5.39. The molecule has 4 rings (SSSR count). The molecule has 0 spiro atoms. The number of benzene rings is 2. The topological polar surface area (TPSA) is 40.7 Å². The number of fused-ring (bicyclic) bond motifs is 2. The van der Waals surface area contributed by atoms with Crippen molar-refractivity contribution in [1.82, 2.24) is 9.97 Å². The minimum absolute atomic E-state index is 0.488. The van der Waals surface area contributed by atoms with Crippen LogP contribution in [0.3, 0.4) is 0 Å². The summed E-state index contributed by atoms with van der Waals surface area (Å²) in [7, 11) is 0. The van der Waals surface area contributed by atoms with Gasteiger partial charge in [-0.05, 0) is 30.3 Å². The van der Waals surface area contributed by atoms with E-state index in [9.17, 15) is 8.78 Å². The normalized spacial score (nSPS) is 11.3. The van der Waals surface area contributed by atoms with Crippen molar-refractivity contribution in [1.29, 1.82) is 0 Å². The van der Waals surface area contributed by atoms with Crippen molar-refractivity contribution in [3.63, 3.8) is 0 Å². The molecular formula is C17H9Cl2F2N3. The Kier molecular flexibility index (Phi) is 3.55. The Morgan fingerprint density at radius 2 is 1.75 bits per heavy atom. The van der Waals surface area contributed by atoms with Gasteiger partial charge < -0.3 is 10.3 Å². The monoisotopic (exact) mass is 363 g/mol. The Morgan fingerprint density at radius 1 is 0.958 bits per heavy atom. The molecule has 0 aliphatic heterocycles. The van der Waals surface area contributed by atoms with Crippen LogP contribution in [0.4, 0.5) is 20.3 Å². The molecule has 2 aromatic heterocycles. The van der Waals surface area contributed by atoms with Gasteiger partial charge >= 0.3 is 0 Å². The van der Waals surface area contributed by atoms with Gasteiger partial charge in [0.25, 0.3) is 0 Å². The van der Waals surface area contributed by atoms with E-state index in [1.165, 1.54) is 0 Å². The number of halogens is 4. The SMILES string of the molecule is Fc1cc2[nH]cc(Nc3ccc4c(Cl)cc(Cl)cc4n3)c2cc1F. The van der Waals surface area contributed by atoms with E-state index in [-0.39, 0.29) is 0 Å². The Labute approximate surface area is 145 Å². The van der Waals surface area contributed by atoms with Gasteiger partial charge in [0.1, 0.15) is 5.82 Å². The molecule has 120 valence electrons. The average Bonchev–Trinajstić information content (AvgIpc) is 2.89. The minimum atomic E-state index is -0.907. The van der Waals surface area contributed by atoms with Crippen LogP contribution in [0.2, 0.25) is 10.0 Å². The number of hydrogen-bond donors (Lipinski definition) is 2. The number of nitrogens with one attached hydrogen (secondary N) is 2. The number of rotatable bonds is 2. The van der Waals surface area contributed by atoms with Crippen molar-refractivity contribution >= 4 is 56.5 Å². The van der Waals surface area contributed by atoms with Crippen LogP contribution in [-0.4, -0.2) is 9.97 Å². The summed E-state index contributed by atoms with van der Waals surface area (Å²) in [5.74, 6) is -1.27. The molecule has 2 heterocycles. The molecule has 0 amide bonds. The highest BCUT2D eigenvalue weighted by molar-refractivity contribution is 6.38. The van der Waals surface area contributed by atoms with Crippen LogP contribution in [0.5, 0.6) is 0 Å². The Morgan fingerprint density at radius 3 is 2.58 bits per heavy atom. The van der Waals surface area contributed by atoms with Crippen LogP contribution in [0, 0.1) is 11.6 Å². The third-order valence-corrected chi connectivity index (χ3v) is 4.24. The summed E-state index contributed by atoms with van der Waals surface area (Å²) < 4.78 is 26.8. The van der Waals surface area contributed by atoms with Crippen LogP contribution < -0.4 is 5.32 Å². The number of anilines is 2. The van der Waals surface area contributed by atoms with E-state index in [1.807, 2.05) is 6.07 Å². The Hall–Kier alpha value is -2.37. The summed E-state index contributed by atoms with van der Waals surface area (Å²) >= 11 is 12.1. The largest absolute Gasteiger partial charge is 0.359 e. The van der Waals surface area contributed by atoms with Gasteiger partial charge in [0.15, 0.2) is 11.6 Å². The van der Waals surface area contributed by atoms with Gasteiger partial charge in [-0.2, -0.15) is 0 Å². The fraction of sp³-hybridized carbons (Fsp3) is 0. The molecule has 0 aliphatic carbocycles. The molecular weight excluding hydrogens is 355 g/mol. The zero-order valence-electron chi connectivity index (χ0n) is 12.0. The maximum absolute atomic E-state index is 13.5. The van der Waals surface area contributed by atoms with Crippen molar-refractivity contribution in [3.8, 4) is 0 Å². The van der Waals surface area contributed by atoms with Gasteiger partial charge in [-0.3, -0.25) is 0 Å². The average molecular weight is 364 g/mol. The van der Waals surface area contributed by atoms with Gasteiger partial charge in [0.2, 0.25) is 0 Å². The first-order valence-electron chi connectivity index (χ1n) is 7.00. The van der Waals surface area contributed by atoms with E-state index in [2.05, 4.69) is 15.3 Å². The maximum atomic E-state index is 13.5. The van der Waals surface area contributed by atoms with Gasteiger partial charge in [-0.15, -0.1) is 0 Å². The number of hydrogen-bond acceptors (Lipinski definition) is 2. The number of H-pyrrole nitrogens is 1. The molecule has 2 N–H and O–H groups in total. The van der Waals surface area contributed by atoms with Crippen molar-refractivity contribution in [2.75, 3.05) is 5.32 Å². The van der Waals surface area contributed by atoms with Crippen molar-refractivity contribution in [2.24, 2.45) is 0 Å². The van der Waals surface area contributed by atoms with E-state index >= 15 is 0 Å². The molecule has 0 bridgehead atoms. The molecule has 0 fully saturated rings. The number of nitrogens with zero attached hydrogens (tertiary/aromatic N) is 1. The first-order chi connectivity index (χ1) is 11.5. The van der Waals surface area contributed by atoms with Gasteiger partial charge in [0, 0.05) is 28.1 Å². The van der Waals surface area contributed by atoms with Gasteiger partial charge in [-0.25, -0.2) is 13.8 Å². The summed E-state index contributed by atoms with van der Waals surface area (Å²) in [4.78, 5) is 7.35. The lowest BCUT2D eigenvalue weighted by molar-refractivity contribution is 0.511. The summed E-state index contributed by atoms with van der Waals surface area (Å²) in [6, 6.07) is 9.18. The highest BCUT2D eigenvalue weighted by Gasteiger charge is 2.11. The number of aromatic amines is 1. The molecule has 0 unspecified atom stereocenters. The van der Waals surface area contributed by atoms with Crippen LogP contribution >= 0.6 is 23.2 Å². The predicted octanol–water partition coefficient (Wildman–Crippen LogP) is 6.04. The third-order valence-electron chi connectivity index (χ3n) is 3.71. The lowest BCUT2D eigenvalue weighted by atomic mass is 10.2. The molecule has 0 saturated carbocycles. The highest BCUT2D eigenvalue weighted by atomic mass is 35.5. The van der Waals surface area contributed by atoms with E-state index in [0.717, 1.165) is 17.5 Å². The first-order valence-corrected chi connectivity index (χ1v) is 7.76.